The van der Waals surface area contributed by atoms with Crippen LogP contribution in [0.4, 0.5) is 0 Å². The number of thioether (sulfide) groups is 1. The van der Waals surface area contributed by atoms with Crippen LogP contribution in [-0.4, -0.2) is 27.9 Å². The zero-order chi connectivity index (χ0) is 13.4. The van der Waals surface area contributed by atoms with Crippen molar-refractivity contribution in [1.82, 2.24) is 9.55 Å². The number of rotatable bonds is 2. The molecule has 1 aromatic carbocycles. The smallest absolute Gasteiger partial charge is 0.330 e. The fourth-order valence-electron chi connectivity index (χ4n) is 2.14. The molecule has 2 heterocycles. The molecule has 0 amide bonds. The predicted octanol–water partition coefficient (Wildman–Crippen LogP) is 1.61. The van der Waals surface area contributed by atoms with Crippen LogP contribution in [0.3, 0.4) is 0 Å². The van der Waals surface area contributed by atoms with Gasteiger partial charge in [0.15, 0.2) is 5.16 Å². The van der Waals surface area contributed by atoms with Crippen molar-refractivity contribution in [3.05, 3.63) is 34.6 Å². The maximum absolute atomic E-state index is 12.4. The number of esters is 1. The average Bonchev–Trinajstić information content (AvgIpc) is 2.83. The van der Waals surface area contributed by atoms with Crippen molar-refractivity contribution < 1.29 is 9.53 Å². The van der Waals surface area contributed by atoms with Crippen LogP contribution in [0.2, 0.25) is 0 Å². The second-order valence-corrected chi connectivity index (χ2v) is 5.15. The van der Waals surface area contributed by atoms with Gasteiger partial charge in [-0.05, 0) is 19.1 Å². The minimum atomic E-state index is -0.565. The Bertz CT molecular complexity index is 711. The maximum Gasteiger partial charge on any atom is 0.330 e. The molecule has 0 aliphatic carbocycles. The first-order valence-corrected chi connectivity index (χ1v) is 7.01. The van der Waals surface area contributed by atoms with Crippen LogP contribution in [0.25, 0.3) is 10.9 Å². The fourth-order valence-corrected chi connectivity index (χ4v) is 3.25. The van der Waals surface area contributed by atoms with Gasteiger partial charge < -0.3 is 4.74 Å². The molecule has 0 N–H and O–H groups in total. The van der Waals surface area contributed by atoms with Crippen molar-refractivity contribution in [2.75, 3.05) is 12.4 Å². The number of fused-ring (bicyclic) bond motifs is 2. The summed E-state index contributed by atoms with van der Waals surface area (Å²) in [4.78, 5) is 28.7. The molecule has 5 nitrogen and oxygen atoms in total. The Morgan fingerprint density at radius 1 is 1.53 bits per heavy atom. The molecule has 0 bridgehead atoms. The number of carbonyl (C=O) groups excluding carboxylic acids is 1. The average molecular weight is 276 g/mol. The third-order valence-electron chi connectivity index (χ3n) is 3.02. The van der Waals surface area contributed by atoms with Gasteiger partial charge in [0, 0.05) is 5.75 Å². The van der Waals surface area contributed by atoms with Crippen molar-refractivity contribution in [1.29, 1.82) is 0 Å². The fraction of sp³-hybridized carbons (Fsp3) is 0.308. The van der Waals surface area contributed by atoms with Crippen LogP contribution in [0.5, 0.6) is 0 Å². The van der Waals surface area contributed by atoms with Gasteiger partial charge in [-0.25, -0.2) is 9.78 Å². The van der Waals surface area contributed by atoms with E-state index in [0.717, 1.165) is 0 Å². The summed E-state index contributed by atoms with van der Waals surface area (Å²) in [6.07, 6.45) is 0. The van der Waals surface area contributed by atoms with E-state index in [1.165, 1.54) is 16.3 Å². The topological polar surface area (TPSA) is 61.2 Å². The number of aromatic nitrogens is 2. The van der Waals surface area contributed by atoms with Crippen molar-refractivity contribution >= 4 is 28.6 Å². The van der Waals surface area contributed by atoms with E-state index in [-0.39, 0.29) is 11.5 Å². The van der Waals surface area contributed by atoms with Crippen molar-refractivity contribution in [2.24, 2.45) is 0 Å². The van der Waals surface area contributed by atoms with Gasteiger partial charge in [0.05, 0.1) is 17.5 Å². The van der Waals surface area contributed by atoms with Crippen molar-refractivity contribution in [3.8, 4) is 0 Å². The van der Waals surface area contributed by atoms with E-state index in [9.17, 15) is 9.59 Å². The SMILES string of the molecule is CCOC(=O)C1CSc2nc3ccccc3c(=O)n21. The van der Waals surface area contributed by atoms with Crippen LogP contribution in [0.1, 0.15) is 13.0 Å². The molecule has 0 saturated heterocycles. The summed E-state index contributed by atoms with van der Waals surface area (Å²) in [6.45, 7) is 2.06. The second-order valence-electron chi connectivity index (χ2n) is 4.17. The first-order valence-electron chi connectivity index (χ1n) is 6.03. The Hall–Kier alpha value is -1.82. The molecule has 19 heavy (non-hydrogen) atoms. The van der Waals surface area contributed by atoms with Gasteiger partial charge in [-0.15, -0.1) is 0 Å². The first kappa shape index (κ1) is 12.2. The molecule has 1 aromatic heterocycles. The molecule has 0 fully saturated rings. The number of nitrogens with zero attached hydrogens (tertiary/aromatic N) is 2. The lowest BCUT2D eigenvalue weighted by Crippen LogP contribution is -2.30. The van der Waals surface area contributed by atoms with Crippen LogP contribution < -0.4 is 5.56 Å². The largest absolute Gasteiger partial charge is 0.464 e. The zero-order valence-corrected chi connectivity index (χ0v) is 11.1. The number of ether oxygens (including phenoxy) is 1. The summed E-state index contributed by atoms with van der Waals surface area (Å²) in [5.41, 5.74) is 0.486. The number of para-hydroxylation sites is 1. The first-order chi connectivity index (χ1) is 9.22. The van der Waals surface area contributed by atoms with Crippen LogP contribution in [0.15, 0.2) is 34.2 Å². The number of benzene rings is 1. The molecule has 3 rings (SSSR count). The zero-order valence-electron chi connectivity index (χ0n) is 10.3. The number of carbonyl (C=O) groups is 1. The van der Waals surface area contributed by atoms with Crippen molar-refractivity contribution in [3.63, 3.8) is 0 Å². The van der Waals surface area contributed by atoms with E-state index >= 15 is 0 Å². The normalized spacial score (nSPS) is 17.4. The highest BCUT2D eigenvalue weighted by Gasteiger charge is 2.32. The molecule has 0 radical (unpaired) electrons. The van der Waals surface area contributed by atoms with Gasteiger partial charge >= 0.3 is 5.97 Å². The summed E-state index contributed by atoms with van der Waals surface area (Å²) in [5, 5.41) is 1.12. The molecule has 6 heteroatoms. The van der Waals surface area contributed by atoms with E-state index in [2.05, 4.69) is 4.98 Å². The van der Waals surface area contributed by atoms with E-state index in [1.807, 2.05) is 6.07 Å². The third-order valence-corrected chi connectivity index (χ3v) is 4.04. The highest BCUT2D eigenvalue weighted by Crippen LogP contribution is 2.31. The summed E-state index contributed by atoms with van der Waals surface area (Å²) < 4.78 is 6.46. The molecule has 0 spiro atoms. The molecule has 1 aliphatic heterocycles. The van der Waals surface area contributed by atoms with Crippen LogP contribution >= 0.6 is 11.8 Å². The summed E-state index contributed by atoms with van der Waals surface area (Å²) in [6, 6.07) is 6.59. The van der Waals surface area contributed by atoms with Gasteiger partial charge in [-0.2, -0.15) is 0 Å². The predicted molar refractivity (Wildman–Crippen MR) is 72.4 cm³/mol. The standard InChI is InChI=1S/C13H12N2O3S/c1-2-18-12(17)10-7-19-13-14-9-6-4-3-5-8(9)11(16)15(10)13/h3-6,10H,2,7H2,1H3. The lowest BCUT2D eigenvalue weighted by molar-refractivity contribution is -0.146. The van der Waals surface area contributed by atoms with Gasteiger partial charge in [-0.3, -0.25) is 9.36 Å². The molecule has 1 aliphatic rings. The van der Waals surface area contributed by atoms with E-state index in [4.69, 9.17) is 4.74 Å². The van der Waals surface area contributed by atoms with Crippen LogP contribution in [0, 0.1) is 0 Å². The Morgan fingerprint density at radius 3 is 3.11 bits per heavy atom. The lowest BCUT2D eigenvalue weighted by atomic mass is 10.2. The minimum Gasteiger partial charge on any atom is -0.464 e. The van der Waals surface area contributed by atoms with Gasteiger partial charge in [0.1, 0.15) is 6.04 Å². The maximum atomic E-state index is 12.4. The van der Waals surface area contributed by atoms with E-state index in [0.29, 0.717) is 28.4 Å². The monoisotopic (exact) mass is 276 g/mol. The molecule has 0 saturated carbocycles. The minimum absolute atomic E-state index is 0.177. The molecular weight excluding hydrogens is 264 g/mol. The summed E-state index contributed by atoms with van der Waals surface area (Å²) >= 11 is 1.41. The highest BCUT2D eigenvalue weighted by molar-refractivity contribution is 7.99. The molecule has 1 atom stereocenters. The second kappa shape index (κ2) is 4.70. The Balaban J connectivity index is 2.18. The molecule has 1 unspecified atom stereocenters. The third kappa shape index (κ3) is 1.92. The number of hydrogen-bond donors (Lipinski definition) is 0. The number of hydrogen-bond acceptors (Lipinski definition) is 5. The highest BCUT2D eigenvalue weighted by atomic mass is 32.2. The summed E-state index contributed by atoms with van der Waals surface area (Å²) in [5.74, 6) is 0.130. The molecular formula is C13H12N2O3S. The van der Waals surface area contributed by atoms with Gasteiger partial charge in [-0.1, -0.05) is 23.9 Å². The van der Waals surface area contributed by atoms with E-state index in [1.54, 1.807) is 25.1 Å². The van der Waals surface area contributed by atoms with Crippen molar-refractivity contribution in [2.45, 2.75) is 18.1 Å². The molecule has 2 aromatic rings. The Labute approximate surface area is 113 Å². The quantitative estimate of drug-likeness (QED) is 0.616. The summed E-state index contributed by atoms with van der Waals surface area (Å²) in [7, 11) is 0. The van der Waals surface area contributed by atoms with Gasteiger partial charge in [0.25, 0.3) is 5.56 Å². The van der Waals surface area contributed by atoms with Gasteiger partial charge in [0.2, 0.25) is 0 Å². The van der Waals surface area contributed by atoms with Crippen LogP contribution in [-0.2, 0) is 9.53 Å². The lowest BCUT2D eigenvalue weighted by Gasteiger charge is -2.12. The Morgan fingerprint density at radius 2 is 2.32 bits per heavy atom. The van der Waals surface area contributed by atoms with E-state index < -0.39 is 6.04 Å². The molecule has 98 valence electrons. The Kier molecular flexibility index (Phi) is 3.02.